The zero-order valence-corrected chi connectivity index (χ0v) is 2.50. The van der Waals surface area contributed by atoms with Crippen molar-refractivity contribution in [1.29, 1.82) is 0 Å². The van der Waals surface area contributed by atoms with E-state index in [0.29, 0.717) is 0 Å². The lowest BCUT2D eigenvalue weighted by Gasteiger charge is -1.46. The molecule has 0 unspecified atom stereocenters. The molecule has 0 saturated heterocycles. The maximum absolute atomic E-state index is 6.06. The second-order valence-corrected chi connectivity index (χ2v) is 0.375. The lowest BCUT2D eigenvalue weighted by Crippen LogP contribution is -1.08. The zero-order valence-electron chi connectivity index (χ0n) is 2.50. The predicted molar refractivity (Wildman–Crippen MR) is 17.0 cm³/mol. The maximum atomic E-state index is 6.06. The standard InChI is InChI=1S/C5/c1-3-5-4-2/q-1. The smallest absolute Gasteiger partial charge is 0.0349 e. The highest BCUT2D eigenvalue weighted by Crippen LogP contribution is 1.37. The van der Waals surface area contributed by atoms with Gasteiger partial charge in [0.1, 0.15) is 0 Å². The monoisotopic (exact) mass is 60.0 g/mol. The number of rotatable bonds is 0. The highest BCUT2D eigenvalue weighted by molar-refractivity contribution is 4.70. The van der Waals surface area contributed by atoms with Crippen LogP contribution in [0.4, 0.5) is 0 Å². The first-order chi connectivity index (χ1) is 2.41. The fourth-order valence-electron chi connectivity index (χ4n) is 0.0312. The Balaban J connectivity index is 4.38. The van der Waals surface area contributed by atoms with Crippen LogP contribution in [0.25, 0.3) is 0 Å². The fraction of sp³-hybridized carbons (Fsp3) is 0. The van der Waals surface area contributed by atoms with Gasteiger partial charge in [-0.1, -0.05) is 0 Å². The Labute approximate surface area is 31.4 Å². The van der Waals surface area contributed by atoms with E-state index < -0.39 is 0 Å². The van der Waals surface area contributed by atoms with Crippen LogP contribution in [0.1, 0.15) is 0 Å². The number of hydrogen-bond acceptors (Lipinski definition) is 0. The Morgan fingerprint density at radius 3 is 2.20 bits per heavy atom. The van der Waals surface area contributed by atoms with Gasteiger partial charge < -0.3 is 12.3 Å². The van der Waals surface area contributed by atoms with Crippen LogP contribution in [0.3, 0.4) is 0 Å². The Kier molecular flexibility index (Phi) is 2.51. The van der Waals surface area contributed by atoms with Crippen LogP contribution in [0.5, 0.6) is 0 Å². The van der Waals surface area contributed by atoms with Crippen molar-refractivity contribution in [3.63, 3.8) is 0 Å². The molecule has 0 amide bonds. The molecule has 21 valence electrons. The summed E-state index contributed by atoms with van der Waals surface area (Å²) in [6.45, 7) is 12.1. The molecule has 0 fully saturated rings. The van der Waals surface area contributed by atoms with Crippen molar-refractivity contribution in [1.82, 2.24) is 0 Å². The molecule has 0 aromatic rings. The lowest BCUT2D eigenvalue weighted by atomic mass is 10.8. The summed E-state index contributed by atoms with van der Waals surface area (Å²) in [5.74, 6) is 0. The van der Waals surface area contributed by atoms with Gasteiger partial charge in [-0.05, 0) is 0 Å². The molecular formula is C5-. The molecule has 0 bridgehead atoms. The summed E-state index contributed by atoms with van der Waals surface area (Å²) in [5, 5.41) is 0. The van der Waals surface area contributed by atoms with Crippen molar-refractivity contribution in [2.24, 2.45) is 0 Å². The molecule has 0 aliphatic heterocycles. The first-order valence-electron chi connectivity index (χ1n) is 1.00. The van der Waals surface area contributed by atoms with Crippen LogP contribution < -0.4 is 0 Å². The Hall–Kier alpha value is -0.920. The van der Waals surface area contributed by atoms with Crippen molar-refractivity contribution < 1.29 is 0 Å². The SMILES string of the molecule is [C]=C=C=C=[C-]. The summed E-state index contributed by atoms with van der Waals surface area (Å²) >= 11 is 0. The molecule has 0 aromatic carbocycles. The Morgan fingerprint density at radius 1 is 1.60 bits per heavy atom. The van der Waals surface area contributed by atoms with Crippen LogP contribution in [-0.4, -0.2) is 0 Å². The Morgan fingerprint density at radius 2 is 2.20 bits per heavy atom. The van der Waals surface area contributed by atoms with E-state index in [2.05, 4.69) is 0 Å². The molecule has 0 N–H and O–H groups in total. The van der Waals surface area contributed by atoms with E-state index in [9.17, 15) is 0 Å². The van der Waals surface area contributed by atoms with E-state index in [1.807, 2.05) is 5.73 Å². The summed E-state index contributed by atoms with van der Waals surface area (Å²) in [5.41, 5.74) is 5.38. The first kappa shape index (κ1) is 4.08. The highest BCUT2D eigenvalue weighted by atomic mass is 13.2. The van der Waals surface area contributed by atoms with Gasteiger partial charge in [-0.25, -0.2) is 0 Å². The summed E-state index contributed by atoms with van der Waals surface area (Å²) in [7, 11) is 0. The second-order valence-electron chi connectivity index (χ2n) is 0.375. The molecule has 0 heterocycles. The number of hydrogen-bond donors (Lipinski definition) is 0. The predicted octanol–water partition coefficient (Wildman–Crippen LogP) is 0.628. The quantitative estimate of drug-likeness (QED) is 0.284. The minimum atomic E-state index is 1.72. The molecule has 5 heavy (non-hydrogen) atoms. The second kappa shape index (κ2) is 3.08. The van der Waals surface area contributed by atoms with E-state index in [0.717, 1.165) is 0 Å². The molecule has 0 atom stereocenters. The normalized spacial score (nSPS) is 3.20. The molecule has 0 aromatic heterocycles. The fourth-order valence-corrected chi connectivity index (χ4v) is 0.0312. The first-order valence-corrected chi connectivity index (χ1v) is 1.00. The topological polar surface area (TPSA) is 0 Å². The largest absolute Gasteiger partial charge is 0.308 e. The van der Waals surface area contributed by atoms with Gasteiger partial charge in [0.2, 0.25) is 0 Å². The lowest BCUT2D eigenvalue weighted by molar-refractivity contribution is 2.24. The summed E-state index contributed by atoms with van der Waals surface area (Å²) in [6.07, 6.45) is 0. The van der Waals surface area contributed by atoms with E-state index in [-0.39, 0.29) is 0 Å². The minimum absolute atomic E-state index is 1.72. The Bertz CT molecular complexity index is 92.0. The molecule has 0 aliphatic rings. The molecule has 3 radical (unpaired) electrons. The van der Waals surface area contributed by atoms with Crippen molar-refractivity contribution in [2.45, 2.75) is 0 Å². The van der Waals surface area contributed by atoms with E-state index >= 15 is 0 Å². The molecule has 0 nitrogen and oxygen atoms in total. The average Bonchev–Trinajstić information content (AvgIpc) is 1.41. The molecule has 0 saturated carbocycles. The molecule has 0 spiro atoms. The average molecular weight is 60.1 g/mol. The van der Waals surface area contributed by atoms with Crippen LogP contribution >= 0.6 is 0 Å². The van der Waals surface area contributed by atoms with Crippen LogP contribution in [0, 0.1) is 13.2 Å². The minimum Gasteiger partial charge on any atom is -0.308 e. The third kappa shape index (κ3) is 3.08. The van der Waals surface area contributed by atoms with Crippen molar-refractivity contribution in [3.8, 4) is 0 Å². The van der Waals surface area contributed by atoms with Gasteiger partial charge in [0.25, 0.3) is 0 Å². The van der Waals surface area contributed by atoms with Crippen molar-refractivity contribution >= 4 is 0 Å². The van der Waals surface area contributed by atoms with Gasteiger partial charge in [0.05, 0.1) is 0 Å². The van der Waals surface area contributed by atoms with E-state index in [4.69, 9.17) is 13.2 Å². The van der Waals surface area contributed by atoms with Gasteiger partial charge in [-0.3, -0.25) is 5.73 Å². The van der Waals surface area contributed by atoms with Crippen LogP contribution in [-0.2, 0) is 0 Å². The summed E-state index contributed by atoms with van der Waals surface area (Å²) < 4.78 is 0. The van der Waals surface area contributed by atoms with E-state index in [1.54, 1.807) is 11.5 Å². The van der Waals surface area contributed by atoms with Gasteiger partial charge in [0.15, 0.2) is 0 Å². The molecule has 0 aliphatic carbocycles. The third-order valence-electron chi connectivity index (χ3n) is 0.125. The van der Waals surface area contributed by atoms with Gasteiger partial charge >= 0.3 is 0 Å². The van der Waals surface area contributed by atoms with E-state index in [1.165, 1.54) is 0 Å². The summed E-state index contributed by atoms with van der Waals surface area (Å²) in [4.78, 5) is 0. The maximum Gasteiger partial charge on any atom is 0.0349 e. The third-order valence-corrected chi connectivity index (χ3v) is 0.125. The summed E-state index contributed by atoms with van der Waals surface area (Å²) in [6, 6.07) is 0. The highest BCUT2D eigenvalue weighted by Gasteiger charge is 1.02. The van der Waals surface area contributed by atoms with Gasteiger partial charge in [0, 0.05) is 6.58 Å². The van der Waals surface area contributed by atoms with Crippen molar-refractivity contribution in [2.75, 3.05) is 0 Å². The van der Waals surface area contributed by atoms with Crippen LogP contribution in [0.15, 0.2) is 17.2 Å². The van der Waals surface area contributed by atoms with Crippen molar-refractivity contribution in [3.05, 3.63) is 30.4 Å². The van der Waals surface area contributed by atoms with Gasteiger partial charge in [-0.2, -0.15) is 5.73 Å². The van der Waals surface area contributed by atoms with Gasteiger partial charge in [-0.15, -0.1) is 0 Å². The molecule has 0 rings (SSSR count). The van der Waals surface area contributed by atoms with Crippen LogP contribution in [0.2, 0.25) is 0 Å². The molecule has 0 heteroatoms. The zero-order chi connectivity index (χ0) is 4.12. The molecular weight excluding hydrogens is 60.1 g/mol.